The maximum atomic E-state index is 12.5. The third-order valence-corrected chi connectivity index (χ3v) is 4.71. The zero-order chi connectivity index (χ0) is 13.9. The van der Waals surface area contributed by atoms with Crippen LogP contribution in [0.25, 0.3) is 10.6 Å². The molecule has 20 heavy (non-hydrogen) atoms. The fourth-order valence-electron chi connectivity index (χ4n) is 2.49. The first-order chi connectivity index (χ1) is 9.74. The first-order valence-electron chi connectivity index (χ1n) is 7.04. The summed E-state index contributed by atoms with van der Waals surface area (Å²) in [7, 11) is 0. The van der Waals surface area contributed by atoms with Crippen molar-refractivity contribution in [1.29, 1.82) is 0 Å². The molecular formula is C16H18N2OS. The standard InChI is InChI=1S/C16H18N2OS/c1-12-7-9-18(10-8-12)16(19)14-5-2-4-13(17-14)15-6-3-11-20-15/h2-6,11-12H,7-10H2,1H3. The number of hydrogen-bond donors (Lipinski definition) is 0. The summed E-state index contributed by atoms with van der Waals surface area (Å²) in [5.74, 6) is 0.791. The summed E-state index contributed by atoms with van der Waals surface area (Å²) in [6.45, 7) is 3.95. The zero-order valence-electron chi connectivity index (χ0n) is 11.6. The van der Waals surface area contributed by atoms with Crippen molar-refractivity contribution >= 4 is 17.2 Å². The summed E-state index contributed by atoms with van der Waals surface area (Å²) in [6.07, 6.45) is 2.19. The molecule has 3 nitrogen and oxygen atoms in total. The Kier molecular flexibility index (Phi) is 3.83. The SMILES string of the molecule is CC1CCN(C(=O)c2cccc(-c3cccs3)n2)CC1. The van der Waals surface area contributed by atoms with Gasteiger partial charge < -0.3 is 4.90 Å². The van der Waals surface area contributed by atoms with E-state index in [1.807, 2.05) is 40.6 Å². The molecule has 104 valence electrons. The molecule has 2 aromatic rings. The van der Waals surface area contributed by atoms with Gasteiger partial charge in [0.25, 0.3) is 5.91 Å². The lowest BCUT2D eigenvalue weighted by Crippen LogP contribution is -2.38. The number of rotatable bonds is 2. The summed E-state index contributed by atoms with van der Waals surface area (Å²) in [6, 6.07) is 9.73. The molecule has 0 aromatic carbocycles. The molecule has 2 aromatic heterocycles. The lowest BCUT2D eigenvalue weighted by Gasteiger charge is -2.30. The fraction of sp³-hybridized carbons (Fsp3) is 0.375. The Hall–Kier alpha value is -1.68. The number of hydrogen-bond acceptors (Lipinski definition) is 3. The second-order valence-electron chi connectivity index (χ2n) is 5.36. The number of aromatic nitrogens is 1. The third kappa shape index (κ3) is 2.75. The van der Waals surface area contributed by atoms with Crippen molar-refractivity contribution in [3.63, 3.8) is 0 Å². The van der Waals surface area contributed by atoms with E-state index in [0.717, 1.165) is 42.4 Å². The molecule has 1 saturated heterocycles. The van der Waals surface area contributed by atoms with Crippen molar-refractivity contribution in [3.8, 4) is 10.6 Å². The molecule has 1 aliphatic rings. The van der Waals surface area contributed by atoms with Crippen LogP contribution in [0.4, 0.5) is 0 Å². The number of nitrogens with zero attached hydrogens (tertiary/aromatic N) is 2. The molecule has 0 saturated carbocycles. The van der Waals surface area contributed by atoms with Gasteiger partial charge in [0.05, 0.1) is 10.6 Å². The number of piperidine rings is 1. The molecule has 0 N–H and O–H groups in total. The van der Waals surface area contributed by atoms with E-state index in [2.05, 4.69) is 11.9 Å². The molecule has 1 fully saturated rings. The minimum Gasteiger partial charge on any atom is -0.337 e. The molecule has 0 unspecified atom stereocenters. The number of carbonyl (C=O) groups excluding carboxylic acids is 1. The Morgan fingerprint density at radius 2 is 2.05 bits per heavy atom. The van der Waals surface area contributed by atoms with E-state index in [4.69, 9.17) is 0 Å². The molecule has 1 aliphatic heterocycles. The summed E-state index contributed by atoms with van der Waals surface area (Å²) in [5, 5.41) is 2.03. The van der Waals surface area contributed by atoms with Crippen LogP contribution in [-0.4, -0.2) is 28.9 Å². The monoisotopic (exact) mass is 286 g/mol. The number of carbonyl (C=O) groups is 1. The van der Waals surface area contributed by atoms with Crippen molar-refractivity contribution in [2.24, 2.45) is 5.92 Å². The average molecular weight is 286 g/mol. The molecule has 0 radical (unpaired) electrons. The van der Waals surface area contributed by atoms with Gasteiger partial charge in [-0.3, -0.25) is 4.79 Å². The highest BCUT2D eigenvalue weighted by Crippen LogP contribution is 2.23. The van der Waals surface area contributed by atoms with Gasteiger partial charge in [0.1, 0.15) is 5.69 Å². The number of pyridine rings is 1. The van der Waals surface area contributed by atoms with E-state index >= 15 is 0 Å². The van der Waals surface area contributed by atoms with E-state index in [0.29, 0.717) is 5.69 Å². The first kappa shape index (κ1) is 13.3. The van der Waals surface area contributed by atoms with Gasteiger partial charge >= 0.3 is 0 Å². The first-order valence-corrected chi connectivity index (χ1v) is 7.92. The second-order valence-corrected chi connectivity index (χ2v) is 6.31. The van der Waals surface area contributed by atoms with E-state index < -0.39 is 0 Å². The minimum atomic E-state index is 0.0651. The van der Waals surface area contributed by atoms with Gasteiger partial charge in [-0.2, -0.15) is 0 Å². The van der Waals surface area contributed by atoms with Gasteiger partial charge in [0, 0.05) is 13.1 Å². The third-order valence-electron chi connectivity index (χ3n) is 3.81. The Morgan fingerprint density at radius 1 is 1.25 bits per heavy atom. The van der Waals surface area contributed by atoms with Gasteiger partial charge in [-0.15, -0.1) is 11.3 Å². The van der Waals surface area contributed by atoms with Crippen LogP contribution in [0, 0.1) is 5.92 Å². The Bertz CT molecular complexity index is 586. The molecule has 0 bridgehead atoms. The van der Waals surface area contributed by atoms with Gasteiger partial charge in [-0.25, -0.2) is 4.98 Å². The maximum Gasteiger partial charge on any atom is 0.272 e. The second kappa shape index (κ2) is 5.75. The quantitative estimate of drug-likeness (QED) is 0.843. The highest BCUT2D eigenvalue weighted by molar-refractivity contribution is 7.13. The molecule has 3 rings (SSSR count). The molecule has 0 atom stereocenters. The molecular weight excluding hydrogens is 268 g/mol. The van der Waals surface area contributed by atoms with Crippen LogP contribution in [0.5, 0.6) is 0 Å². The highest BCUT2D eigenvalue weighted by Gasteiger charge is 2.22. The smallest absolute Gasteiger partial charge is 0.272 e. The van der Waals surface area contributed by atoms with E-state index in [1.54, 1.807) is 11.3 Å². The van der Waals surface area contributed by atoms with Gasteiger partial charge in [-0.1, -0.05) is 19.1 Å². The van der Waals surface area contributed by atoms with Gasteiger partial charge in [0.15, 0.2) is 0 Å². The van der Waals surface area contributed by atoms with Crippen molar-refractivity contribution in [1.82, 2.24) is 9.88 Å². The largest absolute Gasteiger partial charge is 0.337 e. The van der Waals surface area contributed by atoms with E-state index in [-0.39, 0.29) is 5.91 Å². The van der Waals surface area contributed by atoms with Crippen LogP contribution in [-0.2, 0) is 0 Å². The normalized spacial score (nSPS) is 16.4. The predicted molar refractivity (Wildman–Crippen MR) is 81.9 cm³/mol. The van der Waals surface area contributed by atoms with Crippen molar-refractivity contribution in [2.75, 3.05) is 13.1 Å². The Morgan fingerprint density at radius 3 is 2.75 bits per heavy atom. The Balaban J connectivity index is 1.80. The van der Waals surface area contributed by atoms with Crippen molar-refractivity contribution in [3.05, 3.63) is 41.4 Å². The van der Waals surface area contributed by atoms with Crippen LogP contribution < -0.4 is 0 Å². The average Bonchev–Trinajstić information content (AvgIpc) is 3.02. The van der Waals surface area contributed by atoms with Crippen LogP contribution in [0.2, 0.25) is 0 Å². The maximum absolute atomic E-state index is 12.5. The minimum absolute atomic E-state index is 0.0651. The molecule has 0 spiro atoms. The summed E-state index contributed by atoms with van der Waals surface area (Å²) in [4.78, 5) is 20.1. The lowest BCUT2D eigenvalue weighted by molar-refractivity contribution is 0.0691. The van der Waals surface area contributed by atoms with Crippen LogP contribution >= 0.6 is 11.3 Å². The molecule has 3 heterocycles. The summed E-state index contributed by atoms with van der Waals surface area (Å²) in [5.41, 5.74) is 1.45. The zero-order valence-corrected chi connectivity index (χ0v) is 12.4. The van der Waals surface area contributed by atoms with Crippen LogP contribution in [0.15, 0.2) is 35.7 Å². The van der Waals surface area contributed by atoms with Crippen molar-refractivity contribution in [2.45, 2.75) is 19.8 Å². The summed E-state index contributed by atoms with van der Waals surface area (Å²) >= 11 is 1.64. The van der Waals surface area contributed by atoms with E-state index in [9.17, 15) is 4.79 Å². The van der Waals surface area contributed by atoms with E-state index in [1.165, 1.54) is 0 Å². The van der Waals surface area contributed by atoms with Crippen molar-refractivity contribution < 1.29 is 4.79 Å². The summed E-state index contributed by atoms with van der Waals surface area (Å²) < 4.78 is 0. The highest BCUT2D eigenvalue weighted by atomic mass is 32.1. The Labute approximate surface area is 123 Å². The predicted octanol–water partition coefficient (Wildman–Crippen LogP) is 3.68. The number of thiophene rings is 1. The molecule has 1 amide bonds. The topological polar surface area (TPSA) is 33.2 Å². The van der Waals surface area contributed by atoms with Gasteiger partial charge in [0.2, 0.25) is 0 Å². The van der Waals surface area contributed by atoms with Gasteiger partial charge in [-0.05, 0) is 42.3 Å². The molecule has 4 heteroatoms. The number of likely N-dealkylation sites (tertiary alicyclic amines) is 1. The number of amides is 1. The lowest BCUT2D eigenvalue weighted by atomic mass is 9.99. The van der Waals surface area contributed by atoms with Crippen LogP contribution in [0.1, 0.15) is 30.3 Å². The van der Waals surface area contributed by atoms with Crippen LogP contribution in [0.3, 0.4) is 0 Å². The molecule has 0 aliphatic carbocycles. The fourth-order valence-corrected chi connectivity index (χ4v) is 3.18.